The zero-order chi connectivity index (χ0) is 18.0. The summed E-state index contributed by atoms with van der Waals surface area (Å²) >= 11 is 0. The van der Waals surface area contributed by atoms with Gasteiger partial charge in [0.25, 0.3) is 0 Å². The number of fused-ring (bicyclic) bond motifs is 5. The molecule has 0 aliphatic carbocycles. The molecule has 126 valence electrons. The third-order valence-corrected chi connectivity index (χ3v) is 6.00. The first-order valence-corrected chi connectivity index (χ1v) is 9.51. The van der Waals surface area contributed by atoms with Crippen molar-refractivity contribution in [2.45, 2.75) is 6.92 Å². The molecule has 2 aliphatic rings. The van der Waals surface area contributed by atoms with Crippen molar-refractivity contribution in [2.24, 2.45) is 0 Å². The van der Waals surface area contributed by atoms with Gasteiger partial charge in [-0.25, -0.2) is 0 Å². The third-order valence-electron chi connectivity index (χ3n) is 6.00. The van der Waals surface area contributed by atoms with Crippen molar-refractivity contribution < 1.29 is 0 Å². The highest BCUT2D eigenvalue weighted by Crippen LogP contribution is 2.41. The first kappa shape index (κ1) is 14.9. The minimum Gasteiger partial charge on any atom is -0.311 e. The maximum Gasteiger partial charge on any atom is 0.248 e. The number of aryl methyl sites for hydroxylation is 1. The van der Waals surface area contributed by atoms with E-state index in [-0.39, 0.29) is 0 Å². The Bertz CT molecular complexity index is 1200. The molecule has 2 heterocycles. The lowest BCUT2D eigenvalue weighted by Gasteiger charge is -2.37. The average molecular weight is 343 g/mol. The summed E-state index contributed by atoms with van der Waals surface area (Å²) in [6.45, 7) is 2.56. The van der Waals surface area contributed by atoms with Gasteiger partial charge in [0.2, 0.25) is 6.71 Å². The highest BCUT2D eigenvalue weighted by molar-refractivity contribution is 7.01. The molecule has 0 aromatic heterocycles. The van der Waals surface area contributed by atoms with Gasteiger partial charge in [-0.05, 0) is 52.7 Å². The van der Waals surface area contributed by atoms with Gasteiger partial charge in [0.15, 0.2) is 0 Å². The first-order chi connectivity index (χ1) is 13.3. The molecule has 0 saturated heterocycles. The van der Waals surface area contributed by atoms with Crippen molar-refractivity contribution in [2.75, 3.05) is 4.90 Å². The minimum absolute atomic E-state index is 0.322. The molecular weight excluding hydrogens is 325 g/mol. The van der Waals surface area contributed by atoms with Crippen molar-refractivity contribution in [3.05, 3.63) is 96.6 Å². The monoisotopic (exact) mass is 343 g/mol. The van der Waals surface area contributed by atoms with Gasteiger partial charge in [-0.3, -0.25) is 0 Å². The average Bonchev–Trinajstić information content (AvgIpc) is 3.06. The second-order valence-electron chi connectivity index (χ2n) is 7.44. The van der Waals surface area contributed by atoms with Crippen LogP contribution >= 0.6 is 0 Å². The predicted molar refractivity (Wildman–Crippen MR) is 116 cm³/mol. The second kappa shape index (κ2) is 5.37. The molecule has 2 aliphatic heterocycles. The molecule has 2 heteroatoms. The largest absolute Gasteiger partial charge is 0.311 e. The second-order valence-corrected chi connectivity index (χ2v) is 7.44. The lowest BCUT2D eigenvalue weighted by molar-refractivity contribution is 1.26. The van der Waals surface area contributed by atoms with Crippen molar-refractivity contribution in [3.63, 3.8) is 0 Å². The van der Waals surface area contributed by atoms with Crippen LogP contribution in [-0.2, 0) is 0 Å². The van der Waals surface area contributed by atoms with E-state index >= 15 is 0 Å². The van der Waals surface area contributed by atoms with Crippen LogP contribution in [0.2, 0.25) is 0 Å². The quantitative estimate of drug-likeness (QED) is 0.403. The van der Waals surface area contributed by atoms with Crippen LogP contribution in [0, 0.1) is 6.92 Å². The zero-order valence-electron chi connectivity index (χ0n) is 15.2. The van der Waals surface area contributed by atoms with Crippen molar-refractivity contribution in [3.8, 4) is 11.1 Å². The molecule has 6 rings (SSSR count). The van der Waals surface area contributed by atoms with Crippen LogP contribution in [0.4, 0.5) is 17.1 Å². The lowest BCUT2D eigenvalue weighted by Crippen LogP contribution is -2.54. The van der Waals surface area contributed by atoms with E-state index in [1.54, 1.807) is 0 Å². The van der Waals surface area contributed by atoms with Crippen molar-refractivity contribution in [1.29, 1.82) is 0 Å². The van der Waals surface area contributed by atoms with E-state index in [2.05, 4.69) is 103 Å². The summed E-state index contributed by atoms with van der Waals surface area (Å²) in [6, 6.07) is 33.1. The Hall–Kier alpha value is -3.26. The number of hydrogen-bond acceptors (Lipinski definition) is 1. The van der Waals surface area contributed by atoms with Gasteiger partial charge in [0, 0.05) is 17.1 Å². The third kappa shape index (κ3) is 1.90. The Morgan fingerprint density at radius 1 is 0.630 bits per heavy atom. The van der Waals surface area contributed by atoms with Crippen LogP contribution in [0.25, 0.3) is 11.1 Å². The molecule has 0 bridgehead atoms. The Balaban J connectivity index is 1.76. The fraction of sp³-hybridized carbons (Fsp3) is 0.0400. The SMILES string of the molecule is Cc1ccc2c3c1N(c1ccccc1)c1ccccc1B3c1ccccc1-2. The van der Waals surface area contributed by atoms with Gasteiger partial charge in [-0.15, -0.1) is 0 Å². The van der Waals surface area contributed by atoms with Gasteiger partial charge >= 0.3 is 0 Å². The van der Waals surface area contributed by atoms with Gasteiger partial charge in [0.05, 0.1) is 0 Å². The highest BCUT2D eigenvalue weighted by atomic mass is 15.2. The number of hydrogen-bond donors (Lipinski definition) is 0. The molecule has 27 heavy (non-hydrogen) atoms. The van der Waals surface area contributed by atoms with E-state index < -0.39 is 0 Å². The number of benzene rings is 4. The van der Waals surface area contributed by atoms with Crippen LogP contribution in [0.5, 0.6) is 0 Å². The molecule has 4 aromatic rings. The zero-order valence-corrected chi connectivity index (χ0v) is 15.2. The number of rotatable bonds is 1. The van der Waals surface area contributed by atoms with E-state index in [1.165, 1.54) is 50.1 Å². The number of anilines is 3. The fourth-order valence-corrected chi connectivity index (χ4v) is 4.91. The number of para-hydroxylation sites is 2. The Kier molecular flexibility index (Phi) is 2.96. The molecule has 0 unspecified atom stereocenters. The molecule has 1 nitrogen and oxygen atoms in total. The summed E-state index contributed by atoms with van der Waals surface area (Å²) in [5.41, 5.74) is 12.2. The van der Waals surface area contributed by atoms with E-state index in [0.717, 1.165) is 0 Å². The highest BCUT2D eigenvalue weighted by Gasteiger charge is 2.42. The fourth-order valence-electron chi connectivity index (χ4n) is 4.91. The van der Waals surface area contributed by atoms with Gasteiger partial charge in [0.1, 0.15) is 0 Å². The van der Waals surface area contributed by atoms with E-state index in [1.807, 2.05) is 0 Å². The summed E-state index contributed by atoms with van der Waals surface area (Å²) < 4.78 is 0. The van der Waals surface area contributed by atoms with Crippen LogP contribution in [-0.4, -0.2) is 6.71 Å². The van der Waals surface area contributed by atoms with Crippen LogP contribution < -0.4 is 21.3 Å². The van der Waals surface area contributed by atoms with E-state index in [9.17, 15) is 0 Å². The first-order valence-electron chi connectivity index (χ1n) is 9.51. The van der Waals surface area contributed by atoms with E-state index in [4.69, 9.17) is 0 Å². The Morgan fingerprint density at radius 3 is 2.19 bits per heavy atom. The van der Waals surface area contributed by atoms with Crippen molar-refractivity contribution in [1.82, 2.24) is 0 Å². The topological polar surface area (TPSA) is 3.24 Å². The maximum absolute atomic E-state index is 2.45. The van der Waals surface area contributed by atoms with E-state index in [0.29, 0.717) is 6.71 Å². The normalized spacial score (nSPS) is 13.2. The molecule has 0 N–H and O–H groups in total. The van der Waals surface area contributed by atoms with Gasteiger partial charge in [-0.1, -0.05) is 78.3 Å². The molecule has 0 amide bonds. The molecule has 0 spiro atoms. The minimum atomic E-state index is 0.322. The molecule has 0 radical (unpaired) electrons. The van der Waals surface area contributed by atoms with Crippen LogP contribution in [0.15, 0.2) is 91.0 Å². The van der Waals surface area contributed by atoms with Crippen molar-refractivity contribution >= 4 is 40.2 Å². The van der Waals surface area contributed by atoms with Gasteiger partial charge < -0.3 is 4.90 Å². The van der Waals surface area contributed by atoms with Gasteiger partial charge in [-0.2, -0.15) is 0 Å². The van der Waals surface area contributed by atoms with Crippen LogP contribution in [0.3, 0.4) is 0 Å². The summed E-state index contributed by atoms with van der Waals surface area (Å²) in [7, 11) is 0. The standard InChI is InChI=1S/C25H18BN/c1-17-15-16-20-19-11-5-6-12-21(19)26-22-13-7-8-14-23(22)27(25(17)24(20)26)18-9-3-2-4-10-18/h2-16H,1H3. The smallest absolute Gasteiger partial charge is 0.248 e. The lowest BCUT2D eigenvalue weighted by atomic mass is 9.37. The number of nitrogens with zero attached hydrogens (tertiary/aromatic N) is 1. The molecule has 0 atom stereocenters. The Labute approximate surface area is 160 Å². The molecule has 0 fully saturated rings. The molecular formula is C25H18BN. The summed E-state index contributed by atoms with van der Waals surface area (Å²) in [4.78, 5) is 2.45. The summed E-state index contributed by atoms with van der Waals surface area (Å²) in [6.07, 6.45) is 0. The summed E-state index contributed by atoms with van der Waals surface area (Å²) in [5, 5.41) is 0. The molecule has 4 aromatic carbocycles. The predicted octanol–water partition coefficient (Wildman–Crippen LogP) is 4.27. The maximum atomic E-state index is 2.45. The Morgan fingerprint density at radius 2 is 1.33 bits per heavy atom. The summed E-state index contributed by atoms with van der Waals surface area (Å²) in [5.74, 6) is 0. The molecule has 0 saturated carbocycles. The van der Waals surface area contributed by atoms with Crippen LogP contribution in [0.1, 0.15) is 5.56 Å².